The van der Waals surface area contributed by atoms with Crippen molar-refractivity contribution in [1.29, 1.82) is 0 Å². The van der Waals surface area contributed by atoms with Gasteiger partial charge in [0, 0.05) is 18.1 Å². The maximum Gasteiger partial charge on any atom is 0.333 e. The number of anilines is 1. The Kier molecular flexibility index (Phi) is 4.03. The maximum atomic E-state index is 11.2. The molecule has 0 spiro atoms. The Hall–Kier alpha value is -1.96. The van der Waals surface area contributed by atoms with Gasteiger partial charge in [0.15, 0.2) is 0 Å². The van der Waals surface area contributed by atoms with Crippen LogP contribution in [0.4, 0.5) is 11.5 Å². The lowest BCUT2D eigenvalue weighted by molar-refractivity contribution is -0.384. The zero-order chi connectivity index (χ0) is 14.9. The van der Waals surface area contributed by atoms with E-state index in [1.165, 1.54) is 4.68 Å². The third-order valence-electron chi connectivity index (χ3n) is 2.97. The molecule has 0 saturated carbocycles. The van der Waals surface area contributed by atoms with E-state index in [-0.39, 0.29) is 16.7 Å². The summed E-state index contributed by atoms with van der Waals surface area (Å²) in [5, 5.41) is 19.5. The minimum Gasteiger partial charge on any atom is -0.356 e. The second kappa shape index (κ2) is 5.58. The highest BCUT2D eigenvalue weighted by atomic mass is 32.1. The molecule has 2 heterocycles. The fourth-order valence-electron chi connectivity index (χ4n) is 2.00. The van der Waals surface area contributed by atoms with Crippen LogP contribution in [0.5, 0.6) is 0 Å². The first-order valence-electron chi connectivity index (χ1n) is 6.33. The van der Waals surface area contributed by atoms with Crippen LogP contribution in [0.25, 0.3) is 0 Å². The Morgan fingerprint density at radius 2 is 2.30 bits per heavy atom. The lowest BCUT2D eigenvalue weighted by Crippen LogP contribution is -2.11. The highest BCUT2D eigenvalue weighted by molar-refractivity contribution is 7.11. The molecule has 2 rings (SSSR count). The van der Waals surface area contributed by atoms with Crippen LogP contribution in [0.15, 0.2) is 6.20 Å². The summed E-state index contributed by atoms with van der Waals surface area (Å²) >= 11 is 1.57. The van der Waals surface area contributed by atoms with E-state index in [2.05, 4.69) is 15.4 Å². The van der Waals surface area contributed by atoms with Crippen LogP contribution < -0.4 is 5.32 Å². The van der Waals surface area contributed by atoms with Gasteiger partial charge < -0.3 is 5.32 Å². The van der Waals surface area contributed by atoms with E-state index in [4.69, 9.17) is 0 Å². The molecule has 0 aliphatic carbocycles. The number of thiazole rings is 1. The number of aromatic nitrogens is 3. The van der Waals surface area contributed by atoms with Gasteiger partial charge in [-0.25, -0.2) is 9.67 Å². The molecule has 2 aromatic rings. The zero-order valence-corrected chi connectivity index (χ0v) is 12.7. The van der Waals surface area contributed by atoms with Crippen LogP contribution in [0.3, 0.4) is 0 Å². The van der Waals surface area contributed by atoms with Crippen molar-refractivity contribution in [3.05, 3.63) is 31.9 Å². The van der Waals surface area contributed by atoms with Gasteiger partial charge in [0.05, 0.1) is 11.0 Å². The predicted octanol–water partition coefficient (Wildman–Crippen LogP) is 2.83. The summed E-state index contributed by atoms with van der Waals surface area (Å²) in [6.07, 6.45) is 2.32. The van der Waals surface area contributed by atoms with Gasteiger partial charge in [-0.3, -0.25) is 10.1 Å². The van der Waals surface area contributed by atoms with Crippen molar-refractivity contribution in [3.8, 4) is 0 Å². The third-order valence-corrected chi connectivity index (χ3v) is 4.07. The number of nitrogens with one attached hydrogen (secondary N) is 1. The summed E-state index contributed by atoms with van der Waals surface area (Å²) in [6.45, 7) is 5.77. The van der Waals surface area contributed by atoms with E-state index in [1.54, 1.807) is 24.6 Å². The average molecular weight is 295 g/mol. The quantitative estimate of drug-likeness (QED) is 0.677. The van der Waals surface area contributed by atoms with Crippen LogP contribution in [0.2, 0.25) is 0 Å². The number of rotatable bonds is 5. The van der Waals surface area contributed by atoms with E-state index >= 15 is 0 Å². The molecule has 0 bridgehead atoms. The second-order valence-corrected chi connectivity index (χ2v) is 5.82. The number of nitro groups is 1. The highest BCUT2D eigenvalue weighted by Gasteiger charge is 2.27. The molecular formula is C12H17N5O2S. The monoisotopic (exact) mass is 295 g/mol. The molecule has 0 radical (unpaired) electrons. The normalized spacial score (nSPS) is 12.4. The van der Waals surface area contributed by atoms with Crippen molar-refractivity contribution in [2.45, 2.75) is 33.2 Å². The molecule has 1 atom stereocenters. The fourth-order valence-corrected chi connectivity index (χ4v) is 2.78. The lowest BCUT2D eigenvalue weighted by atomic mass is 10.2. The first kappa shape index (κ1) is 14.4. The van der Waals surface area contributed by atoms with Crippen molar-refractivity contribution >= 4 is 22.8 Å². The van der Waals surface area contributed by atoms with Crippen molar-refractivity contribution in [3.63, 3.8) is 0 Å². The molecule has 1 N–H and O–H groups in total. The second-order valence-electron chi connectivity index (χ2n) is 4.55. The Morgan fingerprint density at radius 3 is 2.80 bits per heavy atom. The van der Waals surface area contributed by atoms with Gasteiger partial charge in [0.2, 0.25) is 5.82 Å². The SMILES string of the molecule is CCc1nn(C)c(NC(C)c2ncc(C)s2)c1[N+](=O)[O-]. The van der Waals surface area contributed by atoms with E-state index in [9.17, 15) is 10.1 Å². The highest BCUT2D eigenvalue weighted by Crippen LogP contribution is 2.32. The van der Waals surface area contributed by atoms with Crippen LogP contribution >= 0.6 is 11.3 Å². The molecule has 1 unspecified atom stereocenters. The molecule has 0 fully saturated rings. The number of nitrogens with zero attached hydrogens (tertiary/aromatic N) is 4. The van der Waals surface area contributed by atoms with Gasteiger partial charge in [-0.15, -0.1) is 11.3 Å². The molecule has 0 saturated heterocycles. The largest absolute Gasteiger partial charge is 0.356 e. The first-order chi connectivity index (χ1) is 9.43. The van der Waals surface area contributed by atoms with Crippen molar-refractivity contribution < 1.29 is 4.92 Å². The van der Waals surface area contributed by atoms with Crippen molar-refractivity contribution in [2.75, 3.05) is 5.32 Å². The third kappa shape index (κ3) is 2.64. The number of aryl methyl sites for hydroxylation is 3. The van der Waals surface area contributed by atoms with Crippen molar-refractivity contribution in [2.24, 2.45) is 7.05 Å². The molecular weight excluding hydrogens is 278 g/mol. The van der Waals surface area contributed by atoms with Gasteiger partial charge in [-0.05, 0) is 20.3 Å². The number of hydrogen-bond donors (Lipinski definition) is 1. The van der Waals surface area contributed by atoms with E-state index < -0.39 is 0 Å². The van der Waals surface area contributed by atoms with Crippen LogP contribution in [-0.4, -0.2) is 19.7 Å². The van der Waals surface area contributed by atoms with Gasteiger partial charge in [0.25, 0.3) is 0 Å². The summed E-state index contributed by atoms with van der Waals surface area (Å²) in [7, 11) is 1.70. The Labute approximate surface area is 120 Å². The number of hydrogen-bond acceptors (Lipinski definition) is 6. The molecule has 108 valence electrons. The van der Waals surface area contributed by atoms with Crippen LogP contribution in [0, 0.1) is 17.0 Å². The van der Waals surface area contributed by atoms with Gasteiger partial charge in [0.1, 0.15) is 10.7 Å². The summed E-state index contributed by atoms with van der Waals surface area (Å²) in [6, 6.07) is -0.104. The Bertz CT molecular complexity index is 634. The summed E-state index contributed by atoms with van der Waals surface area (Å²) in [5.74, 6) is 0.423. The van der Waals surface area contributed by atoms with E-state index in [1.807, 2.05) is 20.8 Å². The summed E-state index contributed by atoms with van der Waals surface area (Å²) < 4.78 is 1.52. The maximum absolute atomic E-state index is 11.2. The topological polar surface area (TPSA) is 85.9 Å². The molecule has 0 aromatic carbocycles. The average Bonchev–Trinajstić information content (AvgIpc) is 2.94. The molecule has 20 heavy (non-hydrogen) atoms. The standard InChI is InChI=1S/C12H17N5O2S/c1-5-9-10(17(18)19)11(16(4)15-9)14-8(3)12-13-6-7(2)20-12/h6,8,14H,5H2,1-4H3. The predicted molar refractivity (Wildman–Crippen MR) is 78.1 cm³/mol. The molecule has 7 nitrogen and oxygen atoms in total. The molecule has 8 heteroatoms. The molecule has 0 aliphatic rings. The molecule has 0 aliphatic heterocycles. The minimum atomic E-state index is -0.381. The minimum absolute atomic E-state index is 0.0510. The van der Waals surface area contributed by atoms with Gasteiger partial charge in [-0.2, -0.15) is 5.10 Å². The Morgan fingerprint density at radius 1 is 1.60 bits per heavy atom. The first-order valence-corrected chi connectivity index (χ1v) is 7.14. The fraction of sp³-hybridized carbons (Fsp3) is 0.500. The smallest absolute Gasteiger partial charge is 0.333 e. The van der Waals surface area contributed by atoms with Crippen molar-refractivity contribution in [1.82, 2.24) is 14.8 Å². The zero-order valence-electron chi connectivity index (χ0n) is 11.9. The Balaban J connectivity index is 2.33. The van der Waals surface area contributed by atoms with E-state index in [0.29, 0.717) is 17.9 Å². The van der Waals surface area contributed by atoms with Gasteiger partial charge >= 0.3 is 5.69 Å². The van der Waals surface area contributed by atoms with Crippen LogP contribution in [-0.2, 0) is 13.5 Å². The lowest BCUT2D eigenvalue weighted by Gasteiger charge is -2.11. The van der Waals surface area contributed by atoms with Crippen LogP contribution in [0.1, 0.15) is 35.5 Å². The summed E-state index contributed by atoms with van der Waals surface area (Å²) in [4.78, 5) is 16.3. The molecule has 2 aromatic heterocycles. The van der Waals surface area contributed by atoms with E-state index in [0.717, 1.165) is 9.88 Å². The summed E-state index contributed by atoms with van der Waals surface area (Å²) in [5.41, 5.74) is 0.539. The molecule has 0 amide bonds. The van der Waals surface area contributed by atoms with Gasteiger partial charge in [-0.1, -0.05) is 6.92 Å².